The highest BCUT2D eigenvalue weighted by atomic mass is 31.1. The molecule has 0 radical (unpaired) electrons. The Morgan fingerprint density at radius 3 is 2.27 bits per heavy atom. The van der Waals surface area contributed by atoms with Gasteiger partial charge in [0.25, 0.3) is 0 Å². The molecule has 0 aromatic carbocycles. The predicted molar refractivity (Wildman–Crippen MR) is 46.2 cm³/mol. The van der Waals surface area contributed by atoms with E-state index in [-0.39, 0.29) is 0 Å². The highest BCUT2D eigenvalue weighted by molar-refractivity contribution is 7.58. The molecule has 0 N–H and O–H groups in total. The van der Waals surface area contributed by atoms with Crippen LogP contribution in [0.2, 0.25) is 0 Å². The van der Waals surface area contributed by atoms with Gasteiger partial charge in [-0.15, -0.1) is 0 Å². The van der Waals surface area contributed by atoms with Gasteiger partial charge >= 0.3 is 0 Å². The topological polar surface area (TPSA) is 9.72 Å². The van der Waals surface area contributed by atoms with Gasteiger partial charge in [-0.2, -0.15) is 0 Å². The van der Waals surface area contributed by atoms with Crippen molar-refractivity contribution in [1.29, 1.82) is 0 Å². The summed E-state index contributed by atoms with van der Waals surface area (Å²) in [6.07, 6.45) is 2.81. The third-order valence-electron chi connectivity index (χ3n) is 2.98. The van der Waals surface area contributed by atoms with E-state index in [1.54, 1.807) is 0 Å². The van der Waals surface area contributed by atoms with Gasteiger partial charge in [-0.05, 0) is 6.92 Å². The molecule has 4 heteroatoms. The number of hydrogen-bond acceptors (Lipinski definition) is 3. The average molecular weight is 171 g/mol. The SMILES string of the molecule is CC1N2CN3CN(C2)CP1C3. The van der Waals surface area contributed by atoms with Crippen LogP contribution in [0.1, 0.15) is 6.92 Å². The van der Waals surface area contributed by atoms with Crippen LogP contribution < -0.4 is 0 Å². The van der Waals surface area contributed by atoms with Crippen molar-refractivity contribution in [3.63, 3.8) is 0 Å². The summed E-state index contributed by atoms with van der Waals surface area (Å²) in [5.74, 6) is 0.901. The van der Waals surface area contributed by atoms with E-state index in [9.17, 15) is 0 Å². The molecule has 3 unspecified atom stereocenters. The Morgan fingerprint density at radius 2 is 1.73 bits per heavy atom. The second-order valence-corrected chi connectivity index (χ2v) is 6.35. The van der Waals surface area contributed by atoms with Crippen LogP contribution in [0.15, 0.2) is 0 Å². The van der Waals surface area contributed by atoms with Crippen molar-refractivity contribution in [3.05, 3.63) is 0 Å². The number of hydrogen-bond donors (Lipinski definition) is 0. The van der Waals surface area contributed by atoms with Gasteiger partial charge in [0.2, 0.25) is 0 Å². The average Bonchev–Trinajstić information content (AvgIpc) is 1.98. The minimum Gasteiger partial charge on any atom is -0.273 e. The summed E-state index contributed by atoms with van der Waals surface area (Å²) in [5, 5.41) is 0. The van der Waals surface area contributed by atoms with Crippen molar-refractivity contribution in [2.45, 2.75) is 12.7 Å². The molecule has 4 heterocycles. The van der Waals surface area contributed by atoms with E-state index in [2.05, 4.69) is 21.6 Å². The minimum absolute atomic E-state index is 0.305. The van der Waals surface area contributed by atoms with E-state index in [0.717, 1.165) is 5.78 Å². The molecule has 0 amide bonds. The summed E-state index contributed by atoms with van der Waals surface area (Å²) >= 11 is 0. The Bertz CT molecular complexity index is 157. The van der Waals surface area contributed by atoms with Crippen molar-refractivity contribution in [1.82, 2.24) is 14.7 Å². The third kappa shape index (κ3) is 0.888. The third-order valence-corrected chi connectivity index (χ3v) is 5.89. The molecule has 4 aliphatic rings. The predicted octanol–water partition coefficient (Wildman–Crippen LogP) is 0.549. The molecule has 0 saturated carbocycles. The first-order valence-electron chi connectivity index (χ1n) is 4.26. The van der Waals surface area contributed by atoms with E-state index in [0.29, 0.717) is 7.92 Å². The molecule has 0 aromatic rings. The van der Waals surface area contributed by atoms with Crippen molar-refractivity contribution < 1.29 is 0 Å². The summed E-state index contributed by atoms with van der Waals surface area (Å²) in [6.45, 7) is 6.11. The molecule has 0 spiro atoms. The lowest BCUT2D eigenvalue weighted by Crippen LogP contribution is -2.64. The summed E-state index contributed by atoms with van der Waals surface area (Å²) in [7, 11) is 0.305. The molecule has 3 nitrogen and oxygen atoms in total. The lowest BCUT2D eigenvalue weighted by Gasteiger charge is -2.58. The fourth-order valence-corrected chi connectivity index (χ4v) is 4.93. The van der Waals surface area contributed by atoms with Crippen LogP contribution in [-0.2, 0) is 0 Å². The molecule has 11 heavy (non-hydrogen) atoms. The maximum absolute atomic E-state index is 2.61. The molecule has 4 rings (SSSR count). The molecule has 4 saturated heterocycles. The van der Waals surface area contributed by atoms with E-state index in [1.807, 2.05) is 0 Å². The first kappa shape index (κ1) is 6.79. The first-order chi connectivity index (χ1) is 5.33. The highest BCUT2D eigenvalue weighted by Crippen LogP contribution is 2.52. The lowest BCUT2D eigenvalue weighted by atomic mass is 10.5. The van der Waals surface area contributed by atoms with E-state index < -0.39 is 0 Å². The molecular formula is C7H14N3P. The Hall–Kier alpha value is 0.310. The van der Waals surface area contributed by atoms with E-state index >= 15 is 0 Å². The molecule has 0 aromatic heterocycles. The van der Waals surface area contributed by atoms with Crippen LogP contribution in [0.3, 0.4) is 0 Å². The molecule has 4 aliphatic heterocycles. The van der Waals surface area contributed by atoms with Crippen molar-refractivity contribution in [2.75, 3.05) is 32.6 Å². The van der Waals surface area contributed by atoms with Gasteiger partial charge in [-0.25, -0.2) is 0 Å². The van der Waals surface area contributed by atoms with Crippen LogP contribution in [0.25, 0.3) is 0 Å². The van der Waals surface area contributed by atoms with Gasteiger partial charge in [0.05, 0.1) is 20.0 Å². The van der Waals surface area contributed by atoms with E-state index in [1.165, 1.54) is 32.6 Å². The minimum atomic E-state index is 0.305. The Labute approximate surface area is 68.7 Å². The molecular weight excluding hydrogens is 157 g/mol. The number of rotatable bonds is 0. The molecule has 4 fully saturated rings. The second-order valence-electron chi connectivity index (χ2n) is 3.86. The smallest absolute Gasteiger partial charge is 0.0539 e. The van der Waals surface area contributed by atoms with Crippen LogP contribution in [0, 0.1) is 0 Å². The summed E-state index contributed by atoms with van der Waals surface area (Å²) in [5.41, 5.74) is 0. The van der Waals surface area contributed by atoms with Crippen LogP contribution in [0.5, 0.6) is 0 Å². The van der Waals surface area contributed by atoms with Gasteiger partial charge in [0.15, 0.2) is 0 Å². The zero-order valence-electron chi connectivity index (χ0n) is 6.90. The van der Waals surface area contributed by atoms with Crippen LogP contribution in [0.4, 0.5) is 0 Å². The quantitative estimate of drug-likeness (QED) is 0.493. The summed E-state index contributed by atoms with van der Waals surface area (Å²) in [6, 6.07) is 0. The second kappa shape index (κ2) is 2.17. The fraction of sp³-hybridized carbons (Fsp3) is 1.00. The lowest BCUT2D eigenvalue weighted by molar-refractivity contribution is -0.0428. The Morgan fingerprint density at radius 1 is 1.09 bits per heavy atom. The van der Waals surface area contributed by atoms with Gasteiger partial charge < -0.3 is 0 Å². The molecule has 0 aliphatic carbocycles. The van der Waals surface area contributed by atoms with E-state index in [4.69, 9.17) is 0 Å². The van der Waals surface area contributed by atoms with Gasteiger partial charge in [-0.1, -0.05) is 7.92 Å². The van der Waals surface area contributed by atoms with Gasteiger partial charge in [-0.3, -0.25) is 14.7 Å². The molecule has 4 bridgehead atoms. The largest absolute Gasteiger partial charge is 0.273 e. The molecule has 62 valence electrons. The summed E-state index contributed by atoms with van der Waals surface area (Å²) < 4.78 is 0. The van der Waals surface area contributed by atoms with Crippen molar-refractivity contribution in [2.24, 2.45) is 0 Å². The number of nitrogens with zero attached hydrogens (tertiary/aromatic N) is 3. The normalized spacial score (nSPS) is 60.3. The summed E-state index contributed by atoms with van der Waals surface area (Å²) in [4.78, 5) is 7.78. The monoisotopic (exact) mass is 171 g/mol. The maximum Gasteiger partial charge on any atom is 0.0539 e. The first-order valence-corrected chi connectivity index (χ1v) is 6.04. The van der Waals surface area contributed by atoms with Crippen LogP contribution in [-0.4, -0.2) is 53.1 Å². The fourth-order valence-electron chi connectivity index (χ4n) is 2.37. The highest BCUT2D eigenvalue weighted by Gasteiger charge is 2.42. The van der Waals surface area contributed by atoms with Gasteiger partial charge in [0.1, 0.15) is 0 Å². The molecule has 3 atom stereocenters. The maximum atomic E-state index is 2.61. The van der Waals surface area contributed by atoms with Crippen molar-refractivity contribution >= 4 is 7.92 Å². The zero-order valence-corrected chi connectivity index (χ0v) is 7.80. The van der Waals surface area contributed by atoms with Gasteiger partial charge in [0, 0.05) is 18.4 Å². The standard InChI is InChI=1S/C7H14N3P/c1-7-10-3-8-2-9(4-10)6-11(7)5-8/h7H,2-6H2,1H3. The van der Waals surface area contributed by atoms with Crippen molar-refractivity contribution in [3.8, 4) is 0 Å². The Balaban J connectivity index is 1.91. The zero-order chi connectivity index (χ0) is 7.42. The van der Waals surface area contributed by atoms with Crippen LogP contribution >= 0.6 is 7.92 Å². The Kier molecular flexibility index (Phi) is 1.34.